The van der Waals surface area contributed by atoms with Gasteiger partial charge in [0.15, 0.2) is 6.10 Å². The predicted octanol–water partition coefficient (Wildman–Crippen LogP) is 0.912. The maximum atomic E-state index is 11.8. The van der Waals surface area contributed by atoms with E-state index >= 15 is 0 Å². The van der Waals surface area contributed by atoms with E-state index in [1.807, 2.05) is 30.3 Å². The van der Waals surface area contributed by atoms with E-state index in [-0.39, 0.29) is 12.2 Å². The van der Waals surface area contributed by atoms with Gasteiger partial charge in [0, 0.05) is 24.4 Å². The monoisotopic (exact) mass is 247 g/mol. The highest BCUT2D eigenvalue weighted by Gasteiger charge is 2.39. The van der Waals surface area contributed by atoms with Gasteiger partial charge in [-0.15, -0.1) is 0 Å². The third kappa shape index (κ3) is 2.48. The van der Waals surface area contributed by atoms with Crippen molar-refractivity contribution >= 4 is 11.8 Å². The number of hydrogen-bond acceptors (Lipinski definition) is 2. The first-order chi connectivity index (χ1) is 8.81. The van der Waals surface area contributed by atoms with E-state index in [2.05, 4.69) is 5.32 Å². The standard InChI is InChI=1S/C14H18N2O2/c17-14(15-12-4-2-1-3-5-12)18-13-10-16-8-6-11(13)7-9-16/h1-5,11,13H,6-10H2,(H,15,17)/p+1/t13-/m1/s1. The highest BCUT2D eigenvalue weighted by atomic mass is 16.6. The second-order valence-corrected chi connectivity index (χ2v) is 5.23. The zero-order chi connectivity index (χ0) is 12.4. The van der Waals surface area contributed by atoms with Crippen LogP contribution in [0.5, 0.6) is 0 Å². The molecule has 0 radical (unpaired) electrons. The Morgan fingerprint density at radius 2 is 1.94 bits per heavy atom. The van der Waals surface area contributed by atoms with Crippen LogP contribution in [0.1, 0.15) is 12.8 Å². The van der Waals surface area contributed by atoms with Crippen LogP contribution in [-0.2, 0) is 4.74 Å². The van der Waals surface area contributed by atoms with Gasteiger partial charge in [0.05, 0.1) is 13.1 Å². The summed E-state index contributed by atoms with van der Waals surface area (Å²) in [6.45, 7) is 3.46. The van der Waals surface area contributed by atoms with Gasteiger partial charge in [-0.2, -0.15) is 0 Å². The van der Waals surface area contributed by atoms with Crippen LogP contribution in [0.2, 0.25) is 0 Å². The maximum absolute atomic E-state index is 11.8. The number of nitrogens with one attached hydrogen (secondary N) is 2. The van der Waals surface area contributed by atoms with Gasteiger partial charge >= 0.3 is 6.09 Å². The average Bonchev–Trinajstić information content (AvgIpc) is 2.41. The third-order valence-corrected chi connectivity index (χ3v) is 4.03. The highest BCUT2D eigenvalue weighted by molar-refractivity contribution is 5.84. The largest absolute Gasteiger partial charge is 0.440 e. The van der Waals surface area contributed by atoms with Crippen molar-refractivity contribution in [1.82, 2.24) is 0 Å². The Balaban J connectivity index is 1.55. The number of quaternary nitrogens is 1. The fraction of sp³-hybridized carbons (Fsp3) is 0.500. The van der Waals surface area contributed by atoms with Crippen LogP contribution >= 0.6 is 0 Å². The van der Waals surface area contributed by atoms with E-state index < -0.39 is 0 Å². The predicted molar refractivity (Wildman–Crippen MR) is 68.6 cm³/mol. The SMILES string of the molecule is O=C(Nc1ccccc1)O[C@@H]1C[NH+]2CCC1CC2. The molecule has 3 heterocycles. The summed E-state index contributed by atoms with van der Waals surface area (Å²) in [7, 11) is 0. The molecule has 3 fully saturated rings. The normalized spacial score (nSPS) is 29.9. The van der Waals surface area contributed by atoms with Crippen LogP contribution in [0, 0.1) is 5.92 Å². The van der Waals surface area contributed by atoms with Crippen LogP contribution in [0.15, 0.2) is 30.3 Å². The Labute approximate surface area is 107 Å². The van der Waals surface area contributed by atoms with Gasteiger partial charge < -0.3 is 9.64 Å². The lowest BCUT2D eigenvalue weighted by molar-refractivity contribution is -0.920. The van der Waals surface area contributed by atoms with Crippen LogP contribution in [0.25, 0.3) is 0 Å². The minimum Gasteiger partial charge on any atom is -0.440 e. The van der Waals surface area contributed by atoms with Crippen LogP contribution < -0.4 is 10.2 Å². The second-order valence-electron chi connectivity index (χ2n) is 5.23. The number of carbonyl (C=O) groups is 1. The Bertz CT molecular complexity index is 413. The second kappa shape index (κ2) is 4.98. The Morgan fingerprint density at radius 3 is 2.56 bits per heavy atom. The van der Waals surface area contributed by atoms with E-state index in [1.54, 1.807) is 4.90 Å². The highest BCUT2D eigenvalue weighted by Crippen LogP contribution is 2.21. The first-order valence-electron chi connectivity index (χ1n) is 6.67. The first-order valence-corrected chi connectivity index (χ1v) is 6.67. The molecule has 18 heavy (non-hydrogen) atoms. The molecule has 96 valence electrons. The zero-order valence-corrected chi connectivity index (χ0v) is 10.4. The third-order valence-electron chi connectivity index (χ3n) is 4.03. The fourth-order valence-corrected chi connectivity index (χ4v) is 3.02. The molecule has 2 bridgehead atoms. The molecule has 1 amide bonds. The molecule has 2 N–H and O–H groups in total. The molecule has 4 rings (SSSR count). The van der Waals surface area contributed by atoms with Crippen molar-refractivity contribution in [3.8, 4) is 0 Å². The number of amides is 1. The molecule has 4 nitrogen and oxygen atoms in total. The van der Waals surface area contributed by atoms with Gasteiger partial charge in [0.2, 0.25) is 0 Å². The molecule has 3 aliphatic rings. The molecule has 4 heteroatoms. The minimum atomic E-state index is -0.320. The van der Waals surface area contributed by atoms with Gasteiger partial charge in [-0.1, -0.05) is 18.2 Å². The minimum absolute atomic E-state index is 0.103. The van der Waals surface area contributed by atoms with Gasteiger partial charge in [-0.3, -0.25) is 5.32 Å². The first kappa shape index (κ1) is 11.5. The Morgan fingerprint density at radius 1 is 1.22 bits per heavy atom. The summed E-state index contributed by atoms with van der Waals surface area (Å²) in [6, 6.07) is 9.45. The summed E-state index contributed by atoms with van der Waals surface area (Å²) < 4.78 is 5.56. The van der Waals surface area contributed by atoms with Crippen LogP contribution in [0.3, 0.4) is 0 Å². The number of carbonyl (C=O) groups excluding carboxylic acids is 1. The van der Waals surface area contributed by atoms with Gasteiger partial charge in [0.1, 0.15) is 6.54 Å². The molecule has 0 aliphatic carbocycles. The summed E-state index contributed by atoms with van der Waals surface area (Å²) in [5.74, 6) is 0.573. The number of benzene rings is 1. The summed E-state index contributed by atoms with van der Waals surface area (Å²) in [6.07, 6.45) is 2.17. The number of para-hydroxylation sites is 1. The van der Waals surface area contributed by atoms with Crippen molar-refractivity contribution in [3.05, 3.63) is 30.3 Å². The van der Waals surface area contributed by atoms with Crippen molar-refractivity contribution < 1.29 is 14.4 Å². The van der Waals surface area contributed by atoms with Crippen molar-refractivity contribution in [2.24, 2.45) is 5.92 Å². The summed E-state index contributed by atoms with van der Waals surface area (Å²) >= 11 is 0. The maximum Gasteiger partial charge on any atom is 0.412 e. The summed E-state index contributed by atoms with van der Waals surface area (Å²) in [5, 5.41) is 2.78. The lowest BCUT2D eigenvalue weighted by Gasteiger charge is -2.40. The molecule has 0 unspecified atom stereocenters. The molecule has 1 aromatic carbocycles. The zero-order valence-electron chi connectivity index (χ0n) is 10.4. The summed E-state index contributed by atoms with van der Waals surface area (Å²) in [5.41, 5.74) is 0.788. The molecule has 1 atom stereocenters. The average molecular weight is 247 g/mol. The van der Waals surface area contributed by atoms with E-state index in [4.69, 9.17) is 4.74 Å². The number of piperidine rings is 3. The van der Waals surface area contributed by atoms with E-state index in [0.717, 1.165) is 12.2 Å². The van der Waals surface area contributed by atoms with Crippen LogP contribution in [-0.4, -0.2) is 31.8 Å². The number of rotatable bonds is 2. The van der Waals surface area contributed by atoms with E-state index in [1.165, 1.54) is 25.9 Å². The molecular formula is C14H19N2O2+. The quantitative estimate of drug-likeness (QED) is 0.816. The van der Waals surface area contributed by atoms with Gasteiger partial charge in [-0.25, -0.2) is 4.79 Å². The van der Waals surface area contributed by atoms with Gasteiger partial charge in [0.25, 0.3) is 0 Å². The van der Waals surface area contributed by atoms with E-state index in [9.17, 15) is 4.79 Å². The lowest BCUT2D eigenvalue weighted by Crippen LogP contribution is -3.16. The van der Waals surface area contributed by atoms with Crippen molar-refractivity contribution in [3.63, 3.8) is 0 Å². The molecule has 1 aromatic rings. The van der Waals surface area contributed by atoms with Crippen molar-refractivity contribution in [2.75, 3.05) is 25.0 Å². The Hall–Kier alpha value is -1.55. The molecule has 3 aliphatic heterocycles. The number of hydrogen-bond donors (Lipinski definition) is 2. The molecular weight excluding hydrogens is 228 g/mol. The van der Waals surface area contributed by atoms with Crippen molar-refractivity contribution in [2.45, 2.75) is 18.9 Å². The molecule has 0 spiro atoms. The summed E-state index contributed by atoms with van der Waals surface area (Å²) in [4.78, 5) is 13.4. The van der Waals surface area contributed by atoms with Gasteiger partial charge in [-0.05, 0) is 12.1 Å². The molecule has 0 saturated carbocycles. The number of fused-ring (bicyclic) bond motifs is 3. The number of anilines is 1. The van der Waals surface area contributed by atoms with E-state index in [0.29, 0.717) is 5.92 Å². The Kier molecular flexibility index (Phi) is 3.19. The molecule has 0 aromatic heterocycles. The molecule has 3 saturated heterocycles. The topological polar surface area (TPSA) is 42.8 Å². The van der Waals surface area contributed by atoms with Crippen molar-refractivity contribution in [1.29, 1.82) is 0 Å². The number of ether oxygens (including phenoxy) is 1. The van der Waals surface area contributed by atoms with Crippen LogP contribution in [0.4, 0.5) is 10.5 Å². The fourth-order valence-electron chi connectivity index (χ4n) is 3.02. The smallest absolute Gasteiger partial charge is 0.412 e. The lowest BCUT2D eigenvalue weighted by atomic mass is 9.86.